The van der Waals surface area contributed by atoms with Crippen LogP contribution in [0.5, 0.6) is 0 Å². The van der Waals surface area contributed by atoms with Crippen LogP contribution in [-0.2, 0) is 4.79 Å². The lowest BCUT2D eigenvalue weighted by Gasteiger charge is -2.36. The normalized spacial score (nSPS) is 15.6. The molecule has 2 aromatic rings. The van der Waals surface area contributed by atoms with Crippen LogP contribution in [0.2, 0.25) is 0 Å². The fourth-order valence-corrected chi connectivity index (χ4v) is 3.44. The van der Waals surface area contributed by atoms with Gasteiger partial charge in [0.15, 0.2) is 0 Å². The van der Waals surface area contributed by atoms with Gasteiger partial charge >= 0.3 is 0 Å². The maximum Gasteiger partial charge on any atom is 0.244 e. The van der Waals surface area contributed by atoms with E-state index in [9.17, 15) is 9.18 Å². The van der Waals surface area contributed by atoms with Crippen molar-refractivity contribution in [3.05, 3.63) is 58.5 Å². The lowest BCUT2D eigenvalue weighted by Crippen LogP contribution is -2.48. The molecule has 0 bridgehead atoms. The van der Waals surface area contributed by atoms with E-state index in [1.807, 2.05) is 35.7 Å². The number of halogens is 1. The summed E-state index contributed by atoms with van der Waals surface area (Å²) in [4.78, 5) is 17.5. The van der Waals surface area contributed by atoms with Crippen LogP contribution < -0.4 is 10.2 Å². The summed E-state index contributed by atoms with van der Waals surface area (Å²) in [5, 5.41) is 4.91. The predicted octanol–water partition coefficient (Wildman–Crippen LogP) is 2.84. The van der Waals surface area contributed by atoms with Gasteiger partial charge in [-0.25, -0.2) is 4.39 Å². The van der Waals surface area contributed by atoms with Crippen LogP contribution in [-0.4, -0.2) is 50.1 Å². The van der Waals surface area contributed by atoms with Crippen molar-refractivity contribution in [3.8, 4) is 0 Å². The van der Waals surface area contributed by atoms with E-state index in [1.165, 1.54) is 12.1 Å². The number of rotatable bonds is 6. The van der Waals surface area contributed by atoms with Gasteiger partial charge in [0, 0.05) is 55.9 Å². The molecular weight excluding hydrogens is 337 g/mol. The summed E-state index contributed by atoms with van der Waals surface area (Å²) in [5.41, 5.74) is 1.06. The molecule has 1 aliphatic heterocycles. The lowest BCUT2D eigenvalue weighted by atomic mass is 10.2. The first-order chi connectivity index (χ1) is 12.2. The molecule has 1 N–H and O–H groups in total. The van der Waals surface area contributed by atoms with E-state index < -0.39 is 0 Å². The van der Waals surface area contributed by atoms with Crippen molar-refractivity contribution in [2.75, 3.05) is 44.2 Å². The van der Waals surface area contributed by atoms with Crippen molar-refractivity contribution in [2.45, 2.75) is 0 Å². The average Bonchev–Trinajstić information content (AvgIpc) is 3.15. The fourth-order valence-electron chi connectivity index (χ4n) is 2.82. The molecule has 1 aliphatic rings. The van der Waals surface area contributed by atoms with E-state index >= 15 is 0 Å². The van der Waals surface area contributed by atoms with Gasteiger partial charge in [-0.3, -0.25) is 9.69 Å². The molecule has 0 spiro atoms. The number of nitrogens with zero attached hydrogens (tertiary/aromatic N) is 2. The Labute approximate surface area is 151 Å². The molecule has 25 heavy (non-hydrogen) atoms. The van der Waals surface area contributed by atoms with Crippen molar-refractivity contribution in [2.24, 2.45) is 0 Å². The molecule has 1 aromatic heterocycles. The number of thiophene rings is 1. The van der Waals surface area contributed by atoms with Gasteiger partial charge in [0.05, 0.1) is 0 Å². The zero-order valence-electron chi connectivity index (χ0n) is 14.0. The van der Waals surface area contributed by atoms with Crippen LogP contribution in [0, 0.1) is 5.82 Å². The van der Waals surface area contributed by atoms with Gasteiger partial charge in [0.25, 0.3) is 0 Å². The first-order valence-corrected chi connectivity index (χ1v) is 9.31. The molecule has 2 heterocycles. The highest BCUT2D eigenvalue weighted by Crippen LogP contribution is 2.16. The van der Waals surface area contributed by atoms with Crippen molar-refractivity contribution >= 4 is 29.0 Å². The van der Waals surface area contributed by atoms with Crippen molar-refractivity contribution < 1.29 is 9.18 Å². The first kappa shape index (κ1) is 17.6. The third-order valence-electron chi connectivity index (χ3n) is 4.23. The Kier molecular flexibility index (Phi) is 6.19. The summed E-state index contributed by atoms with van der Waals surface area (Å²) < 4.78 is 13.0. The Morgan fingerprint density at radius 2 is 1.92 bits per heavy atom. The number of carbonyl (C=O) groups is 1. The second kappa shape index (κ2) is 8.78. The predicted molar refractivity (Wildman–Crippen MR) is 101 cm³/mol. The highest BCUT2D eigenvalue weighted by Gasteiger charge is 2.16. The van der Waals surface area contributed by atoms with Crippen LogP contribution >= 0.6 is 11.3 Å². The van der Waals surface area contributed by atoms with Gasteiger partial charge < -0.3 is 10.2 Å². The molecule has 0 radical (unpaired) electrons. The van der Waals surface area contributed by atoms with E-state index in [2.05, 4.69) is 15.1 Å². The highest BCUT2D eigenvalue weighted by molar-refractivity contribution is 7.10. The topological polar surface area (TPSA) is 35.6 Å². The summed E-state index contributed by atoms with van der Waals surface area (Å²) in [5.74, 6) is -0.260. The minimum atomic E-state index is -0.203. The number of benzene rings is 1. The van der Waals surface area contributed by atoms with E-state index in [-0.39, 0.29) is 11.7 Å². The molecule has 0 saturated carbocycles. The zero-order valence-corrected chi connectivity index (χ0v) is 14.8. The van der Waals surface area contributed by atoms with Gasteiger partial charge in [-0.15, -0.1) is 11.3 Å². The Hall–Kier alpha value is -2.18. The second-order valence-corrected chi connectivity index (χ2v) is 6.92. The summed E-state index contributed by atoms with van der Waals surface area (Å²) in [6.45, 7) is 5.20. The van der Waals surface area contributed by atoms with Gasteiger partial charge in [0.1, 0.15) is 5.82 Å². The minimum absolute atomic E-state index is 0.0571. The van der Waals surface area contributed by atoms with Gasteiger partial charge in [-0.1, -0.05) is 6.07 Å². The Balaban J connectivity index is 1.35. The third-order valence-corrected chi connectivity index (χ3v) is 5.07. The minimum Gasteiger partial charge on any atom is -0.369 e. The number of nitrogens with one attached hydrogen (secondary N) is 1. The van der Waals surface area contributed by atoms with Crippen molar-refractivity contribution in [3.63, 3.8) is 0 Å². The largest absolute Gasteiger partial charge is 0.369 e. The zero-order chi connectivity index (χ0) is 17.5. The van der Waals surface area contributed by atoms with Crippen LogP contribution in [0.15, 0.2) is 47.9 Å². The molecule has 0 atom stereocenters. The summed E-state index contributed by atoms with van der Waals surface area (Å²) in [6, 6.07) is 10.6. The number of amides is 1. The maximum atomic E-state index is 13.0. The van der Waals surface area contributed by atoms with Crippen LogP contribution in [0.25, 0.3) is 6.08 Å². The third kappa shape index (κ3) is 5.41. The molecule has 0 aliphatic carbocycles. The molecule has 3 rings (SSSR count). The Morgan fingerprint density at radius 3 is 2.60 bits per heavy atom. The number of anilines is 1. The van der Waals surface area contributed by atoms with Crippen LogP contribution in [0.4, 0.5) is 10.1 Å². The van der Waals surface area contributed by atoms with Gasteiger partial charge in [-0.2, -0.15) is 0 Å². The van der Waals surface area contributed by atoms with E-state index in [0.29, 0.717) is 6.54 Å². The summed E-state index contributed by atoms with van der Waals surface area (Å²) in [7, 11) is 0. The molecule has 6 heteroatoms. The molecular formula is C19H22FN3OS. The lowest BCUT2D eigenvalue weighted by molar-refractivity contribution is -0.116. The Morgan fingerprint density at radius 1 is 1.16 bits per heavy atom. The van der Waals surface area contributed by atoms with Gasteiger partial charge in [-0.05, 0) is 41.8 Å². The molecule has 0 unspecified atom stereocenters. The SMILES string of the molecule is O=C(/C=C/c1cccs1)NCCN1CCN(c2ccc(F)cc2)CC1. The molecule has 132 valence electrons. The molecule has 1 saturated heterocycles. The number of hydrogen-bond donors (Lipinski definition) is 1. The first-order valence-electron chi connectivity index (χ1n) is 8.43. The number of carbonyl (C=O) groups excluding carboxylic acids is 1. The maximum absolute atomic E-state index is 13.0. The van der Waals surface area contributed by atoms with Crippen LogP contribution in [0.1, 0.15) is 4.88 Å². The molecule has 4 nitrogen and oxygen atoms in total. The summed E-state index contributed by atoms with van der Waals surface area (Å²) in [6.07, 6.45) is 3.42. The smallest absolute Gasteiger partial charge is 0.244 e. The number of piperazine rings is 1. The van der Waals surface area contributed by atoms with E-state index in [0.717, 1.165) is 43.3 Å². The van der Waals surface area contributed by atoms with E-state index in [1.54, 1.807) is 17.4 Å². The highest BCUT2D eigenvalue weighted by atomic mass is 32.1. The quantitative estimate of drug-likeness (QED) is 0.806. The fraction of sp³-hybridized carbons (Fsp3) is 0.316. The van der Waals surface area contributed by atoms with Gasteiger partial charge in [0.2, 0.25) is 5.91 Å². The van der Waals surface area contributed by atoms with E-state index in [4.69, 9.17) is 0 Å². The monoisotopic (exact) mass is 359 g/mol. The second-order valence-electron chi connectivity index (χ2n) is 5.94. The average molecular weight is 359 g/mol. The van der Waals surface area contributed by atoms with Crippen LogP contribution in [0.3, 0.4) is 0 Å². The molecule has 1 aromatic carbocycles. The molecule has 1 amide bonds. The number of hydrogen-bond acceptors (Lipinski definition) is 4. The van der Waals surface area contributed by atoms with Crippen molar-refractivity contribution in [1.29, 1.82) is 0 Å². The summed E-state index contributed by atoms with van der Waals surface area (Å²) >= 11 is 1.61. The standard InChI is InChI=1S/C19H22FN3OS/c20-16-3-5-17(6-4-16)23-13-11-22(12-14-23)10-9-21-19(24)8-7-18-2-1-15-25-18/h1-8,15H,9-14H2,(H,21,24)/b8-7+. The molecule has 1 fully saturated rings. The Bertz CT molecular complexity index is 692. The van der Waals surface area contributed by atoms with Crippen molar-refractivity contribution in [1.82, 2.24) is 10.2 Å².